The number of aliphatic carboxylic acids is 1. The summed E-state index contributed by atoms with van der Waals surface area (Å²) in [7, 11) is 4.05. The van der Waals surface area contributed by atoms with Crippen LogP contribution in [-0.2, 0) is 37.1 Å². The van der Waals surface area contributed by atoms with Crippen LogP contribution in [0.3, 0.4) is 0 Å². The van der Waals surface area contributed by atoms with Gasteiger partial charge >= 0.3 is 12.1 Å². The number of ether oxygens (including phenoxy) is 2. The molecule has 4 amide bonds. The smallest absolute Gasteiger partial charge is 0.407 e. The number of anilines is 1. The van der Waals surface area contributed by atoms with E-state index in [1.165, 1.54) is 54.0 Å². The molecule has 5 heterocycles. The van der Waals surface area contributed by atoms with Gasteiger partial charge in [0.05, 0.1) is 54.8 Å². The maximum atomic E-state index is 13.8. The van der Waals surface area contributed by atoms with Crippen LogP contribution in [0.5, 0.6) is 5.88 Å². The maximum Gasteiger partial charge on any atom is 0.407 e. The molecule has 1 aliphatic rings. The number of hydrogen-bond acceptors (Lipinski definition) is 16. The highest BCUT2D eigenvalue weighted by atomic mass is 33.1. The Morgan fingerprint density at radius 1 is 0.943 bits per heavy atom. The molecule has 1 aromatic carbocycles. The van der Waals surface area contributed by atoms with E-state index in [2.05, 4.69) is 35.9 Å². The number of alkyl halides is 2. The Morgan fingerprint density at radius 2 is 1.71 bits per heavy atom. The number of aromatic nitrogens is 4. The lowest BCUT2D eigenvalue weighted by Gasteiger charge is -2.23. The Kier molecular flexibility index (Phi) is 18.0. The molecule has 0 radical (unpaired) electrons. The van der Waals surface area contributed by atoms with Gasteiger partial charge in [0.15, 0.2) is 0 Å². The van der Waals surface area contributed by atoms with Crippen molar-refractivity contribution in [3.8, 4) is 34.2 Å². The topological polar surface area (TPSA) is 282 Å². The molecule has 4 aromatic heterocycles. The third kappa shape index (κ3) is 14.3. The number of methoxy groups -OCH3 is 1. The number of nitrogens with two attached hydrogens (primary N) is 1. The van der Waals surface area contributed by atoms with Crippen molar-refractivity contribution in [2.45, 2.75) is 63.8 Å². The number of nitrogens with one attached hydrogen (secondary N) is 3. The number of benzene rings is 1. The molecule has 0 bridgehead atoms. The third-order valence-electron chi connectivity index (χ3n) is 10.9. The molecule has 6 rings (SSSR count). The Hall–Kier alpha value is -7.45. The summed E-state index contributed by atoms with van der Waals surface area (Å²) in [5.74, 6) is -6.98. The van der Waals surface area contributed by atoms with E-state index in [0.717, 1.165) is 38.1 Å². The van der Waals surface area contributed by atoms with Crippen LogP contribution in [0.1, 0.15) is 54.4 Å². The third-order valence-corrected chi connectivity index (χ3v) is 13.3. The van der Waals surface area contributed by atoms with Gasteiger partial charge in [0, 0.05) is 90.6 Å². The van der Waals surface area contributed by atoms with Crippen LogP contribution in [0, 0.1) is 17.2 Å². The number of Topliss-reactive ketones (excluding diaryl/α,β-unsaturated/α-hetero) is 1. The Balaban J connectivity index is 0.852. The molecule has 23 heteroatoms. The van der Waals surface area contributed by atoms with Crippen LogP contribution in [0.2, 0.25) is 0 Å². The number of fused-ring (bicyclic) bond motifs is 1. The number of carboxylic acids is 1. The van der Waals surface area contributed by atoms with E-state index in [-0.39, 0.29) is 56.0 Å². The quantitative estimate of drug-likeness (QED) is 0.0417. The number of hydrogen-bond donors (Lipinski definition) is 5. The van der Waals surface area contributed by atoms with Crippen LogP contribution >= 0.6 is 21.6 Å². The molecule has 2 unspecified atom stereocenters. The second-order valence-electron chi connectivity index (χ2n) is 16.0. The zero-order valence-corrected chi connectivity index (χ0v) is 39.5. The standard InChI is InChI=1S/C47H48F2N10O9S2/c1-27(44(63)59-26-47(48,49)19-35(59)20-50)58-42(62)29-9-11-52-34(15-29)23-56-41(61)8-6-36(60)16-32(45(64)65)25-70-69-14-13-54-46(66)68-24-33-5-3-30(21-55-33)37-10-12-53-40-7-4-28(17-38(37)40)31-18-39(51)43(67-2)57-22-31/h3-5,7,9-12,15,17-18,21-22,27,32,35H,6,8,13-14,16,19,23-26,51H2,1-2H3,(H,54,66)(H,56,61)(H,58,62)(H,64,65)/t27?,32?,35-/m0/s1. The van der Waals surface area contributed by atoms with E-state index in [9.17, 15) is 47.9 Å². The average molecular weight is 999 g/mol. The number of ketones is 1. The molecular formula is C47H48F2N10O9S2. The van der Waals surface area contributed by atoms with Gasteiger partial charge < -0.3 is 41.2 Å². The Labute approximate surface area is 408 Å². The van der Waals surface area contributed by atoms with Gasteiger partial charge in [-0.05, 0) is 60.5 Å². The van der Waals surface area contributed by atoms with E-state index in [0.29, 0.717) is 23.0 Å². The number of alkyl carbamates (subject to hydrolysis) is 1. The first-order chi connectivity index (χ1) is 33.5. The highest BCUT2D eigenvalue weighted by molar-refractivity contribution is 8.76. The number of nitrogens with zero attached hydrogens (tertiary/aromatic N) is 6. The predicted octanol–water partition coefficient (Wildman–Crippen LogP) is 5.59. The normalized spacial score (nSPS) is 14.7. The van der Waals surface area contributed by atoms with Crippen molar-refractivity contribution in [1.82, 2.24) is 40.8 Å². The molecule has 0 saturated carbocycles. The number of carboxylic acid groups (broad SMARTS) is 1. The molecule has 3 atom stereocenters. The number of halogens is 2. The second kappa shape index (κ2) is 24.2. The van der Waals surface area contributed by atoms with Gasteiger partial charge in [0.25, 0.3) is 11.8 Å². The fraction of sp³-hybridized carbons (Fsp3) is 0.340. The minimum atomic E-state index is -3.21. The predicted molar refractivity (Wildman–Crippen MR) is 256 cm³/mol. The van der Waals surface area contributed by atoms with Crippen molar-refractivity contribution in [2.75, 3.05) is 37.4 Å². The summed E-state index contributed by atoms with van der Waals surface area (Å²) in [6, 6.07) is 15.1. The monoisotopic (exact) mass is 998 g/mol. The lowest BCUT2D eigenvalue weighted by molar-refractivity contribution is -0.142. The average Bonchev–Trinajstić information content (AvgIpc) is 3.68. The molecular weight excluding hydrogens is 951 g/mol. The summed E-state index contributed by atoms with van der Waals surface area (Å²) in [5, 5.41) is 27.5. The van der Waals surface area contributed by atoms with Gasteiger partial charge in [-0.25, -0.2) is 18.6 Å². The van der Waals surface area contributed by atoms with Crippen molar-refractivity contribution < 1.29 is 52.1 Å². The largest absolute Gasteiger partial charge is 0.481 e. The van der Waals surface area contributed by atoms with E-state index < -0.39 is 72.5 Å². The molecule has 1 aliphatic heterocycles. The lowest BCUT2D eigenvalue weighted by atomic mass is 9.98. The van der Waals surface area contributed by atoms with E-state index >= 15 is 0 Å². The molecule has 6 N–H and O–H groups in total. The zero-order valence-electron chi connectivity index (χ0n) is 37.9. The minimum Gasteiger partial charge on any atom is -0.481 e. The fourth-order valence-electron chi connectivity index (χ4n) is 7.21. The highest BCUT2D eigenvalue weighted by Gasteiger charge is 2.48. The first-order valence-corrected chi connectivity index (χ1v) is 24.2. The number of amides is 4. The number of carbonyl (C=O) groups excluding carboxylic acids is 5. The van der Waals surface area contributed by atoms with Gasteiger partial charge in [0.1, 0.15) is 24.5 Å². The van der Waals surface area contributed by atoms with Crippen LogP contribution < -0.4 is 26.4 Å². The maximum absolute atomic E-state index is 13.8. The molecule has 70 heavy (non-hydrogen) atoms. The summed E-state index contributed by atoms with van der Waals surface area (Å²) >= 11 is 0. The summed E-state index contributed by atoms with van der Waals surface area (Å²) < 4.78 is 38.2. The van der Waals surface area contributed by atoms with E-state index in [1.807, 2.05) is 30.3 Å². The summed E-state index contributed by atoms with van der Waals surface area (Å²) in [5.41, 5.74) is 11.6. The number of carbonyl (C=O) groups is 6. The van der Waals surface area contributed by atoms with Gasteiger partial charge in [-0.1, -0.05) is 33.7 Å². The number of pyridine rings is 4. The van der Waals surface area contributed by atoms with Crippen LogP contribution in [0.25, 0.3) is 33.2 Å². The Bertz CT molecular complexity index is 2780. The first kappa shape index (κ1) is 51.9. The Morgan fingerprint density at radius 3 is 2.44 bits per heavy atom. The summed E-state index contributed by atoms with van der Waals surface area (Å²) in [6.45, 7) is 0.433. The van der Waals surface area contributed by atoms with Crippen LogP contribution in [0.15, 0.2) is 79.4 Å². The summed E-state index contributed by atoms with van der Waals surface area (Å²) in [4.78, 5) is 93.2. The molecule has 0 spiro atoms. The van der Waals surface area contributed by atoms with Gasteiger partial charge in [-0.3, -0.25) is 38.9 Å². The van der Waals surface area contributed by atoms with Crippen LogP contribution in [-0.4, -0.2) is 115 Å². The van der Waals surface area contributed by atoms with Gasteiger partial charge in [-0.2, -0.15) is 5.26 Å². The van der Waals surface area contributed by atoms with Gasteiger partial charge in [-0.15, -0.1) is 0 Å². The van der Waals surface area contributed by atoms with Crippen molar-refractivity contribution in [3.63, 3.8) is 0 Å². The molecule has 19 nitrogen and oxygen atoms in total. The SMILES string of the molecule is COc1ncc(-c2ccc3nccc(-c4ccc(COC(=O)NCCSSCC(CC(=O)CCC(=O)NCc5cc(C(=O)NC(C)C(=O)N6CC(F)(F)C[C@H]6C#N)ccn5)C(=O)O)nc4)c3c2)cc1N. The number of nitriles is 1. The van der Waals surface area contributed by atoms with Gasteiger partial charge in [0.2, 0.25) is 17.7 Å². The van der Waals surface area contributed by atoms with Crippen LogP contribution in [0.4, 0.5) is 19.3 Å². The van der Waals surface area contributed by atoms with Crippen molar-refractivity contribution in [2.24, 2.45) is 5.92 Å². The minimum absolute atomic E-state index is 0.0725. The van der Waals surface area contributed by atoms with Crippen molar-refractivity contribution in [1.29, 1.82) is 5.26 Å². The summed E-state index contributed by atoms with van der Waals surface area (Å²) in [6.07, 6.45) is 4.25. The number of likely N-dealkylation sites (tertiary alicyclic amines) is 1. The molecule has 0 aliphatic carbocycles. The number of nitrogen functional groups attached to an aromatic ring is 1. The lowest BCUT2D eigenvalue weighted by Crippen LogP contribution is -2.48. The van der Waals surface area contributed by atoms with E-state index in [1.54, 1.807) is 36.8 Å². The van der Waals surface area contributed by atoms with Crippen molar-refractivity contribution >= 4 is 73.7 Å². The molecule has 1 fully saturated rings. The zero-order chi connectivity index (χ0) is 50.4. The first-order valence-electron chi connectivity index (χ1n) is 21.7. The fourth-order valence-corrected chi connectivity index (χ4v) is 9.42. The molecule has 1 saturated heterocycles. The molecule has 366 valence electrons. The highest BCUT2D eigenvalue weighted by Crippen LogP contribution is 2.34. The van der Waals surface area contributed by atoms with Crippen molar-refractivity contribution in [3.05, 3.63) is 96.3 Å². The second-order valence-corrected chi connectivity index (χ2v) is 18.6. The molecule has 5 aromatic rings. The number of rotatable bonds is 22. The van der Waals surface area contributed by atoms with E-state index in [4.69, 9.17) is 15.2 Å².